The van der Waals surface area contributed by atoms with Crippen molar-refractivity contribution in [3.8, 4) is 5.75 Å². The molecular weight excluding hydrogens is 270 g/mol. The highest BCUT2D eigenvalue weighted by Crippen LogP contribution is 2.33. The first-order valence-electron chi connectivity index (χ1n) is 6.42. The molecule has 2 atom stereocenters. The second kappa shape index (κ2) is 7.79. The normalized spacial score (nSPS) is 14.1. The van der Waals surface area contributed by atoms with Gasteiger partial charge in [-0.3, -0.25) is 4.79 Å². The molecule has 6 heteroatoms. The molecule has 1 aromatic carbocycles. The van der Waals surface area contributed by atoms with Gasteiger partial charge in [-0.1, -0.05) is 38.0 Å². The second-order valence-electron chi connectivity index (χ2n) is 4.45. The number of para-hydroxylation sites is 1. The zero-order valence-corrected chi connectivity index (χ0v) is 11.1. The van der Waals surface area contributed by atoms with Crippen LogP contribution in [0.5, 0.6) is 5.75 Å². The van der Waals surface area contributed by atoms with Crippen molar-refractivity contribution in [3.05, 3.63) is 29.8 Å². The molecule has 0 spiro atoms. The fraction of sp³-hybridized carbons (Fsp3) is 0.500. The van der Waals surface area contributed by atoms with E-state index in [2.05, 4.69) is 4.74 Å². The fourth-order valence-electron chi connectivity index (χ4n) is 1.99. The molecule has 0 aliphatic rings. The minimum absolute atomic E-state index is 0.0660. The summed E-state index contributed by atoms with van der Waals surface area (Å²) in [7, 11) is 0. The third-order valence-electron chi connectivity index (χ3n) is 3.02. The molecule has 0 fully saturated rings. The molecule has 0 heterocycles. The maximum atomic E-state index is 12.3. The first-order chi connectivity index (χ1) is 9.47. The molecule has 0 amide bonds. The molecule has 112 valence electrons. The Hall–Kier alpha value is -1.69. The monoisotopic (exact) mass is 288 g/mol. The quantitative estimate of drug-likeness (QED) is 0.770. The maximum Gasteiger partial charge on any atom is 0.387 e. The zero-order chi connectivity index (χ0) is 15.1. The van der Waals surface area contributed by atoms with Crippen molar-refractivity contribution in [2.24, 2.45) is 5.92 Å². The van der Waals surface area contributed by atoms with Gasteiger partial charge in [-0.2, -0.15) is 8.78 Å². The van der Waals surface area contributed by atoms with Crippen molar-refractivity contribution in [3.63, 3.8) is 0 Å². The van der Waals surface area contributed by atoms with E-state index in [1.165, 1.54) is 24.3 Å². The Morgan fingerprint density at radius 1 is 1.35 bits per heavy atom. The van der Waals surface area contributed by atoms with Gasteiger partial charge in [0.05, 0.1) is 12.0 Å². The maximum absolute atomic E-state index is 12.3. The van der Waals surface area contributed by atoms with Crippen LogP contribution in [0.25, 0.3) is 0 Å². The lowest BCUT2D eigenvalue weighted by Crippen LogP contribution is -2.22. The third kappa shape index (κ3) is 4.45. The van der Waals surface area contributed by atoms with Crippen molar-refractivity contribution in [1.29, 1.82) is 0 Å². The summed E-state index contributed by atoms with van der Waals surface area (Å²) >= 11 is 0. The molecule has 0 aromatic heterocycles. The van der Waals surface area contributed by atoms with E-state index in [0.717, 1.165) is 6.42 Å². The number of aliphatic hydroxyl groups excluding tert-OH is 1. The highest BCUT2D eigenvalue weighted by Gasteiger charge is 2.29. The van der Waals surface area contributed by atoms with Gasteiger partial charge >= 0.3 is 12.6 Å². The van der Waals surface area contributed by atoms with Gasteiger partial charge < -0.3 is 14.9 Å². The van der Waals surface area contributed by atoms with Crippen LogP contribution in [-0.2, 0) is 4.79 Å². The summed E-state index contributed by atoms with van der Waals surface area (Å²) in [4.78, 5) is 11.2. The molecule has 0 bridgehead atoms. The number of alkyl halides is 2. The van der Waals surface area contributed by atoms with E-state index in [-0.39, 0.29) is 17.7 Å². The topological polar surface area (TPSA) is 66.8 Å². The van der Waals surface area contributed by atoms with Crippen LogP contribution in [0.3, 0.4) is 0 Å². The van der Waals surface area contributed by atoms with Gasteiger partial charge in [0.25, 0.3) is 0 Å². The van der Waals surface area contributed by atoms with Crippen LogP contribution in [-0.4, -0.2) is 22.8 Å². The molecular formula is C14H18F2O4. The van der Waals surface area contributed by atoms with Crippen molar-refractivity contribution in [2.75, 3.05) is 0 Å². The van der Waals surface area contributed by atoms with E-state index in [1.54, 1.807) is 0 Å². The minimum Gasteiger partial charge on any atom is -0.481 e. The Kier molecular flexibility index (Phi) is 6.38. The van der Waals surface area contributed by atoms with E-state index >= 15 is 0 Å². The number of carboxylic acid groups (broad SMARTS) is 1. The summed E-state index contributed by atoms with van der Waals surface area (Å²) in [6.45, 7) is -1.12. The van der Waals surface area contributed by atoms with Crippen LogP contribution in [0.1, 0.15) is 37.9 Å². The molecule has 0 aliphatic carbocycles. The minimum atomic E-state index is -3.03. The summed E-state index contributed by atoms with van der Waals surface area (Å²) in [5.41, 5.74) is 0.0660. The average Bonchev–Trinajstić information content (AvgIpc) is 2.38. The SMILES string of the molecule is CCCCC(C(=O)O)C(O)c1ccccc1OC(F)F. The van der Waals surface area contributed by atoms with Crippen molar-refractivity contribution in [1.82, 2.24) is 0 Å². The van der Waals surface area contributed by atoms with Gasteiger partial charge in [-0.15, -0.1) is 0 Å². The summed E-state index contributed by atoms with van der Waals surface area (Å²) in [6.07, 6.45) is 0.308. The second-order valence-corrected chi connectivity index (χ2v) is 4.45. The van der Waals surface area contributed by atoms with Gasteiger partial charge in [-0.05, 0) is 12.5 Å². The average molecular weight is 288 g/mol. The standard InChI is InChI=1S/C14H18F2O4/c1-2-3-6-10(13(18)19)12(17)9-7-4-5-8-11(9)20-14(15)16/h4-5,7-8,10,12,14,17H,2-3,6H2,1H3,(H,18,19). The molecule has 20 heavy (non-hydrogen) atoms. The number of carboxylic acids is 1. The Balaban J connectivity index is 2.98. The lowest BCUT2D eigenvalue weighted by Gasteiger charge is -2.21. The van der Waals surface area contributed by atoms with Gasteiger partial charge in [0.1, 0.15) is 5.75 Å². The van der Waals surface area contributed by atoms with Crippen LogP contribution in [0.4, 0.5) is 8.78 Å². The number of aliphatic hydroxyl groups is 1. The number of hydrogen-bond donors (Lipinski definition) is 2. The number of carbonyl (C=O) groups is 1. The number of benzene rings is 1. The highest BCUT2D eigenvalue weighted by atomic mass is 19.3. The van der Waals surface area contributed by atoms with Crippen LogP contribution < -0.4 is 4.74 Å². The molecule has 2 unspecified atom stereocenters. The molecule has 4 nitrogen and oxygen atoms in total. The van der Waals surface area contributed by atoms with E-state index in [1.807, 2.05) is 6.92 Å². The summed E-state index contributed by atoms with van der Waals surface area (Å²) < 4.78 is 28.9. The lowest BCUT2D eigenvalue weighted by atomic mass is 9.91. The number of hydrogen-bond acceptors (Lipinski definition) is 3. The van der Waals surface area contributed by atoms with Crippen LogP contribution in [0.2, 0.25) is 0 Å². The van der Waals surface area contributed by atoms with Crippen LogP contribution in [0.15, 0.2) is 24.3 Å². The first-order valence-corrected chi connectivity index (χ1v) is 6.42. The molecule has 1 aromatic rings. The Labute approximate surface area is 116 Å². The van der Waals surface area contributed by atoms with E-state index < -0.39 is 24.6 Å². The number of halogens is 2. The van der Waals surface area contributed by atoms with Gasteiger partial charge in [-0.25, -0.2) is 0 Å². The van der Waals surface area contributed by atoms with Crippen molar-refractivity contribution >= 4 is 5.97 Å². The molecule has 1 rings (SSSR count). The first kappa shape index (κ1) is 16.4. The van der Waals surface area contributed by atoms with Gasteiger partial charge in [0, 0.05) is 5.56 Å². The number of unbranched alkanes of at least 4 members (excludes halogenated alkanes) is 1. The smallest absolute Gasteiger partial charge is 0.387 e. The zero-order valence-electron chi connectivity index (χ0n) is 11.1. The molecule has 0 saturated carbocycles. The predicted octanol–water partition coefficient (Wildman–Crippen LogP) is 3.21. The Bertz CT molecular complexity index is 437. The lowest BCUT2D eigenvalue weighted by molar-refractivity contribution is -0.146. The van der Waals surface area contributed by atoms with Crippen LogP contribution >= 0.6 is 0 Å². The fourth-order valence-corrected chi connectivity index (χ4v) is 1.99. The summed E-state index contributed by atoms with van der Waals surface area (Å²) in [5, 5.41) is 19.3. The van der Waals surface area contributed by atoms with Gasteiger partial charge in [0.2, 0.25) is 0 Å². The Morgan fingerprint density at radius 2 is 2.00 bits per heavy atom. The van der Waals surface area contributed by atoms with Crippen molar-refractivity contribution in [2.45, 2.75) is 38.9 Å². The molecule has 0 aliphatic heterocycles. The van der Waals surface area contributed by atoms with Crippen molar-refractivity contribution < 1.29 is 28.5 Å². The summed E-state index contributed by atoms with van der Waals surface area (Å²) in [5.74, 6) is -2.40. The van der Waals surface area contributed by atoms with E-state index in [9.17, 15) is 18.7 Å². The predicted molar refractivity (Wildman–Crippen MR) is 68.7 cm³/mol. The van der Waals surface area contributed by atoms with Crippen LogP contribution in [0, 0.1) is 5.92 Å². The van der Waals surface area contributed by atoms with E-state index in [0.29, 0.717) is 6.42 Å². The highest BCUT2D eigenvalue weighted by molar-refractivity contribution is 5.71. The molecule has 0 radical (unpaired) electrons. The van der Waals surface area contributed by atoms with Gasteiger partial charge in [0.15, 0.2) is 0 Å². The molecule has 2 N–H and O–H groups in total. The van der Waals surface area contributed by atoms with E-state index in [4.69, 9.17) is 5.11 Å². The number of ether oxygens (including phenoxy) is 1. The number of aliphatic carboxylic acids is 1. The largest absolute Gasteiger partial charge is 0.481 e. The molecule has 0 saturated heterocycles. The third-order valence-corrected chi connectivity index (χ3v) is 3.02. The Morgan fingerprint density at radius 3 is 2.55 bits per heavy atom. The number of rotatable bonds is 8. The summed E-state index contributed by atoms with van der Waals surface area (Å²) in [6, 6.07) is 5.69.